The van der Waals surface area contributed by atoms with Crippen molar-refractivity contribution in [2.45, 2.75) is 59.0 Å². The van der Waals surface area contributed by atoms with Crippen molar-refractivity contribution in [1.29, 1.82) is 5.26 Å². The van der Waals surface area contributed by atoms with E-state index in [1.165, 1.54) is 11.3 Å². The molecule has 1 atom stereocenters. The predicted octanol–water partition coefficient (Wildman–Crippen LogP) is 5.74. The minimum absolute atomic E-state index is 0.196. The molecule has 1 N–H and O–H groups in total. The minimum Gasteiger partial charge on any atom is -0.444 e. The molecule has 12 heteroatoms. The molecule has 2 aliphatic rings. The Morgan fingerprint density at radius 3 is 2.71 bits per heavy atom. The lowest BCUT2D eigenvalue weighted by atomic mass is 9.93. The number of fused-ring (bicyclic) bond motifs is 4. The van der Waals surface area contributed by atoms with E-state index in [4.69, 9.17) is 14.5 Å². The van der Waals surface area contributed by atoms with Crippen molar-refractivity contribution in [3.8, 4) is 17.3 Å². The number of aryl methyl sites for hydroxylation is 1. The van der Waals surface area contributed by atoms with Crippen LogP contribution in [0, 0.1) is 24.1 Å². The first-order valence-corrected chi connectivity index (χ1v) is 14.6. The fourth-order valence-corrected chi connectivity index (χ4v) is 6.75. The van der Waals surface area contributed by atoms with Gasteiger partial charge in [0.15, 0.2) is 5.82 Å². The topological polar surface area (TPSA) is 117 Å². The van der Waals surface area contributed by atoms with E-state index in [2.05, 4.69) is 31.2 Å². The Bertz CT molecular complexity index is 1790. The summed E-state index contributed by atoms with van der Waals surface area (Å²) in [5.74, 6) is -0.0506. The number of halogens is 1. The van der Waals surface area contributed by atoms with Gasteiger partial charge in [0.1, 0.15) is 22.2 Å². The number of anilines is 2. The van der Waals surface area contributed by atoms with Crippen LogP contribution in [-0.4, -0.2) is 64.8 Å². The smallest absolute Gasteiger partial charge is 0.412 e. The standard InChI is InChI=1S/C30H32FN7O3S/c1-15-10-33-25(22-17(9-32)27(42-26(15)22)36-29(39)41-30(2,3)4)21-20-14-40-13-19(20)18-11-34-28(35-24(18)23(21)31)38-8-7-16(12-38)37(5)6/h10-11,16H,7-8,12-14H2,1-6H3,(H,36,39)/t16-/m0/s1. The van der Waals surface area contributed by atoms with E-state index in [1.54, 1.807) is 33.2 Å². The van der Waals surface area contributed by atoms with Gasteiger partial charge in [-0.05, 0) is 64.9 Å². The molecule has 6 rings (SSSR count). The molecule has 4 aromatic rings. The Kier molecular flexibility index (Phi) is 7.00. The van der Waals surface area contributed by atoms with Crippen molar-refractivity contribution in [3.05, 3.63) is 40.5 Å². The van der Waals surface area contributed by atoms with Crippen molar-refractivity contribution in [2.24, 2.45) is 0 Å². The summed E-state index contributed by atoms with van der Waals surface area (Å²) < 4.78 is 28.7. The molecule has 42 heavy (non-hydrogen) atoms. The van der Waals surface area contributed by atoms with Gasteiger partial charge in [-0.15, -0.1) is 11.3 Å². The van der Waals surface area contributed by atoms with Crippen LogP contribution in [0.15, 0.2) is 12.4 Å². The van der Waals surface area contributed by atoms with Crippen molar-refractivity contribution in [1.82, 2.24) is 19.9 Å². The summed E-state index contributed by atoms with van der Waals surface area (Å²) in [5, 5.41) is 14.4. The van der Waals surface area contributed by atoms with Gasteiger partial charge in [-0.25, -0.2) is 19.2 Å². The van der Waals surface area contributed by atoms with Crippen LogP contribution in [0.1, 0.15) is 49.4 Å². The molecule has 1 aromatic carbocycles. The lowest BCUT2D eigenvalue weighted by Gasteiger charge is -2.21. The molecule has 0 spiro atoms. The summed E-state index contributed by atoms with van der Waals surface area (Å²) in [4.78, 5) is 30.9. The van der Waals surface area contributed by atoms with Crippen molar-refractivity contribution in [3.63, 3.8) is 0 Å². The van der Waals surface area contributed by atoms with Gasteiger partial charge in [-0.2, -0.15) is 5.26 Å². The van der Waals surface area contributed by atoms with Crippen LogP contribution >= 0.6 is 11.3 Å². The Morgan fingerprint density at radius 2 is 2.02 bits per heavy atom. The molecule has 3 aromatic heterocycles. The molecule has 218 valence electrons. The van der Waals surface area contributed by atoms with Gasteiger partial charge in [-0.1, -0.05) is 0 Å². The second-order valence-corrected chi connectivity index (χ2v) is 13.0. The maximum absolute atomic E-state index is 16.8. The number of hydrogen-bond acceptors (Lipinski definition) is 10. The summed E-state index contributed by atoms with van der Waals surface area (Å²) in [6.45, 7) is 9.19. The summed E-state index contributed by atoms with van der Waals surface area (Å²) in [7, 11) is 4.10. The monoisotopic (exact) mass is 589 g/mol. The zero-order valence-corrected chi connectivity index (χ0v) is 25.3. The minimum atomic E-state index is -0.714. The van der Waals surface area contributed by atoms with E-state index in [0.717, 1.165) is 35.3 Å². The quantitative estimate of drug-likeness (QED) is 0.318. The van der Waals surface area contributed by atoms with Crippen LogP contribution < -0.4 is 10.2 Å². The van der Waals surface area contributed by atoms with Gasteiger partial charge in [0.25, 0.3) is 0 Å². The average molecular weight is 590 g/mol. The molecule has 2 aliphatic heterocycles. The predicted molar refractivity (Wildman–Crippen MR) is 160 cm³/mol. The van der Waals surface area contributed by atoms with Crippen LogP contribution in [0.25, 0.3) is 32.2 Å². The first kappa shape index (κ1) is 28.2. The summed E-state index contributed by atoms with van der Waals surface area (Å²) in [6.07, 6.45) is 3.65. The van der Waals surface area contributed by atoms with Gasteiger partial charge in [0.05, 0.1) is 24.5 Å². The first-order valence-electron chi connectivity index (χ1n) is 13.8. The number of carbonyl (C=O) groups is 1. The van der Waals surface area contributed by atoms with E-state index in [-0.39, 0.29) is 23.3 Å². The third-order valence-corrected chi connectivity index (χ3v) is 8.96. The first-order chi connectivity index (χ1) is 20.0. The molecule has 10 nitrogen and oxygen atoms in total. The summed E-state index contributed by atoms with van der Waals surface area (Å²) >= 11 is 1.24. The Balaban J connectivity index is 1.53. The molecule has 0 aliphatic carbocycles. The fourth-order valence-electron chi connectivity index (χ4n) is 5.65. The highest BCUT2D eigenvalue weighted by atomic mass is 32.1. The fraction of sp³-hybridized carbons (Fsp3) is 0.433. The van der Waals surface area contributed by atoms with E-state index in [0.29, 0.717) is 45.6 Å². The van der Waals surface area contributed by atoms with Gasteiger partial charge in [0.2, 0.25) is 5.95 Å². The number of nitriles is 1. The number of carbonyl (C=O) groups excluding carboxylic acids is 1. The number of hydrogen-bond donors (Lipinski definition) is 1. The third-order valence-electron chi connectivity index (χ3n) is 7.72. The Hall–Kier alpha value is -3.92. The molecule has 0 bridgehead atoms. The number of benzene rings is 1. The van der Waals surface area contributed by atoms with Gasteiger partial charge < -0.3 is 19.3 Å². The molecule has 0 unspecified atom stereocenters. The Morgan fingerprint density at radius 1 is 1.26 bits per heavy atom. The van der Waals surface area contributed by atoms with E-state index in [1.807, 2.05) is 21.0 Å². The summed E-state index contributed by atoms with van der Waals surface area (Å²) in [5.41, 5.74) is 2.55. The van der Waals surface area contributed by atoms with E-state index < -0.39 is 17.5 Å². The van der Waals surface area contributed by atoms with Crippen LogP contribution in [0.4, 0.5) is 20.1 Å². The van der Waals surface area contributed by atoms with Crippen molar-refractivity contribution in [2.75, 3.05) is 37.4 Å². The molecule has 1 fully saturated rings. The van der Waals surface area contributed by atoms with Crippen molar-refractivity contribution < 1.29 is 18.7 Å². The number of rotatable bonds is 4. The number of nitrogens with zero attached hydrogens (tertiary/aromatic N) is 6. The number of nitrogens with one attached hydrogen (secondary N) is 1. The van der Waals surface area contributed by atoms with Gasteiger partial charge >= 0.3 is 6.09 Å². The summed E-state index contributed by atoms with van der Waals surface area (Å²) in [6, 6.07) is 2.59. The average Bonchev–Trinajstić information content (AvgIpc) is 3.67. The maximum Gasteiger partial charge on any atom is 0.412 e. The number of ether oxygens (including phenoxy) is 2. The third kappa shape index (κ3) is 4.81. The highest BCUT2D eigenvalue weighted by molar-refractivity contribution is 7.23. The molecule has 5 heterocycles. The molecule has 1 amide bonds. The van der Waals surface area contributed by atoms with Crippen LogP contribution in [0.3, 0.4) is 0 Å². The number of thiophene rings is 1. The van der Waals surface area contributed by atoms with Crippen molar-refractivity contribution >= 4 is 49.4 Å². The number of amides is 1. The Labute approximate surface area is 247 Å². The lowest BCUT2D eigenvalue weighted by molar-refractivity contribution is 0.0636. The SMILES string of the molecule is Cc1cnc(-c2c3c(c4cnc(N5CC[C@H](N(C)C)C5)nc4c2F)COC3)c2c(C#N)c(NC(=O)OC(C)(C)C)sc12. The zero-order valence-electron chi connectivity index (χ0n) is 24.5. The molecular weight excluding hydrogens is 557 g/mol. The van der Waals surface area contributed by atoms with Crippen LogP contribution in [0.5, 0.6) is 0 Å². The lowest BCUT2D eigenvalue weighted by Crippen LogP contribution is -2.32. The van der Waals surface area contributed by atoms with Crippen LogP contribution in [-0.2, 0) is 22.7 Å². The second kappa shape index (κ2) is 10.4. The number of likely N-dealkylation sites (N-methyl/N-ethyl adjacent to an activating group) is 1. The molecule has 0 saturated carbocycles. The number of pyridine rings is 1. The normalized spacial score (nSPS) is 16.8. The highest BCUT2D eigenvalue weighted by Gasteiger charge is 2.32. The highest BCUT2D eigenvalue weighted by Crippen LogP contribution is 2.46. The number of aromatic nitrogens is 3. The molecular formula is C30H32FN7O3S. The molecule has 1 saturated heterocycles. The van der Waals surface area contributed by atoms with Gasteiger partial charge in [0, 0.05) is 52.6 Å². The molecule has 0 radical (unpaired) electrons. The largest absolute Gasteiger partial charge is 0.444 e. The van der Waals surface area contributed by atoms with Gasteiger partial charge in [-0.3, -0.25) is 10.3 Å². The maximum atomic E-state index is 16.8. The van der Waals surface area contributed by atoms with E-state index in [9.17, 15) is 10.1 Å². The van der Waals surface area contributed by atoms with E-state index >= 15 is 4.39 Å². The zero-order chi connectivity index (χ0) is 29.9. The second-order valence-electron chi connectivity index (χ2n) is 12.0. The van der Waals surface area contributed by atoms with Crippen LogP contribution in [0.2, 0.25) is 0 Å².